The molecule has 0 saturated heterocycles. The molecule has 0 radical (unpaired) electrons. The molecule has 0 fully saturated rings. The summed E-state index contributed by atoms with van der Waals surface area (Å²) in [6.45, 7) is 2.55. The number of primary amides is 1. The predicted octanol–water partition coefficient (Wildman–Crippen LogP) is 0.0310. The largest absolute Gasteiger partial charge is 0.481 e. The van der Waals surface area contributed by atoms with E-state index < -0.39 is 5.91 Å². The van der Waals surface area contributed by atoms with Gasteiger partial charge in [-0.3, -0.25) is 9.48 Å². The van der Waals surface area contributed by atoms with Crippen molar-refractivity contribution in [2.24, 2.45) is 12.8 Å². The lowest BCUT2D eigenvalue weighted by molar-refractivity contribution is -0.118. The first kappa shape index (κ1) is 13.9. The first-order valence-corrected chi connectivity index (χ1v) is 6.12. The molecule has 108 valence electrons. The molecule has 0 bridgehead atoms. The highest BCUT2D eigenvalue weighted by molar-refractivity contribution is 5.73. The zero-order valence-electron chi connectivity index (χ0n) is 11.8. The van der Waals surface area contributed by atoms with E-state index in [1.807, 2.05) is 14.0 Å². The molecule has 0 aliphatic carbocycles. The number of nitrogens with two attached hydrogens (primary N) is 1. The molecule has 1 amide bonds. The van der Waals surface area contributed by atoms with E-state index in [2.05, 4.69) is 15.5 Å². The number of nitrogens with zero attached hydrogens (tertiary/aromatic N) is 4. The van der Waals surface area contributed by atoms with Crippen LogP contribution in [-0.4, -0.2) is 32.6 Å². The standard InChI is InChI=1S/C12H18N6O2/c1-8-10(12(20-3)17(2)16-8)5-14-9-4-15-18(6-9)7-11(13)19/h4,6,14H,5,7H2,1-3H3,(H2,13,19). The van der Waals surface area contributed by atoms with Gasteiger partial charge in [-0.15, -0.1) is 0 Å². The third-order valence-corrected chi connectivity index (χ3v) is 2.90. The number of anilines is 1. The molecule has 0 atom stereocenters. The van der Waals surface area contributed by atoms with Gasteiger partial charge in [0.1, 0.15) is 6.54 Å². The average Bonchev–Trinajstić information content (AvgIpc) is 2.90. The summed E-state index contributed by atoms with van der Waals surface area (Å²) in [4.78, 5) is 10.8. The van der Waals surface area contributed by atoms with Crippen molar-refractivity contribution in [2.75, 3.05) is 12.4 Å². The van der Waals surface area contributed by atoms with Crippen LogP contribution in [0.3, 0.4) is 0 Å². The second kappa shape index (κ2) is 5.64. The van der Waals surface area contributed by atoms with Crippen LogP contribution in [0.5, 0.6) is 5.88 Å². The fourth-order valence-corrected chi connectivity index (χ4v) is 2.03. The molecular formula is C12H18N6O2. The second-order valence-corrected chi connectivity index (χ2v) is 4.44. The van der Waals surface area contributed by atoms with Crippen LogP contribution >= 0.6 is 0 Å². The number of hydrogen-bond donors (Lipinski definition) is 2. The van der Waals surface area contributed by atoms with E-state index >= 15 is 0 Å². The van der Waals surface area contributed by atoms with Gasteiger partial charge in [0.2, 0.25) is 11.8 Å². The molecule has 2 heterocycles. The van der Waals surface area contributed by atoms with Crippen molar-refractivity contribution >= 4 is 11.6 Å². The summed E-state index contributed by atoms with van der Waals surface area (Å²) >= 11 is 0. The minimum absolute atomic E-state index is 0.0664. The molecular weight excluding hydrogens is 260 g/mol. The van der Waals surface area contributed by atoms with Crippen molar-refractivity contribution in [3.63, 3.8) is 0 Å². The highest BCUT2D eigenvalue weighted by Crippen LogP contribution is 2.22. The number of carbonyl (C=O) groups excluding carboxylic acids is 1. The van der Waals surface area contributed by atoms with Crippen molar-refractivity contribution in [3.8, 4) is 5.88 Å². The minimum Gasteiger partial charge on any atom is -0.481 e. The quantitative estimate of drug-likeness (QED) is 0.776. The lowest BCUT2D eigenvalue weighted by atomic mass is 10.2. The fraction of sp³-hybridized carbons (Fsp3) is 0.417. The van der Waals surface area contributed by atoms with E-state index in [9.17, 15) is 4.79 Å². The van der Waals surface area contributed by atoms with Crippen LogP contribution in [0.1, 0.15) is 11.3 Å². The molecule has 8 nitrogen and oxygen atoms in total. The molecule has 0 aliphatic rings. The Bertz CT molecular complexity index is 615. The number of aryl methyl sites for hydroxylation is 2. The normalized spacial score (nSPS) is 10.6. The highest BCUT2D eigenvalue weighted by Gasteiger charge is 2.13. The summed E-state index contributed by atoms with van der Waals surface area (Å²) < 4.78 is 8.50. The minimum atomic E-state index is -0.426. The number of nitrogens with one attached hydrogen (secondary N) is 1. The van der Waals surface area contributed by atoms with Gasteiger partial charge in [0.25, 0.3) is 0 Å². The molecule has 2 aromatic heterocycles. The average molecular weight is 278 g/mol. The SMILES string of the molecule is COc1c(CNc2cnn(CC(N)=O)c2)c(C)nn1C. The third-order valence-electron chi connectivity index (χ3n) is 2.90. The van der Waals surface area contributed by atoms with E-state index in [0.717, 1.165) is 22.8 Å². The van der Waals surface area contributed by atoms with Crippen LogP contribution in [0.2, 0.25) is 0 Å². The zero-order chi connectivity index (χ0) is 14.7. The van der Waals surface area contributed by atoms with Gasteiger partial charge < -0.3 is 15.8 Å². The van der Waals surface area contributed by atoms with Gasteiger partial charge in [-0.05, 0) is 6.92 Å². The maximum absolute atomic E-state index is 10.8. The van der Waals surface area contributed by atoms with Crippen molar-refractivity contribution in [1.29, 1.82) is 0 Å². The second-order valence-electron chi connectivity index (χ2n) is 4.44. The van der Waals surface area contributed by atoms with Crippen molar-refractivity contribution in [3.05, 3.63) is 23.7 Å². The summed E-state index contributed by atoms with van der Waals surface area (Å²) in [6.07, 6.45) is 3.37. The number of methoxy groups -OCH3 is 1. The number of aromatic nitrogens is 4. The Kier molecular flexibility index (Phi) is 3.92. The van der Waals surface area contributed by atoms with Gasteiger partial charge in [0.05, 0.1) is 30.3 Å². The number of rotatable bonds is 6. The molecule has 8 heteroatoms. The van der Waals surface area contributed by atoms with Crippen LogP contribution in [0.15, 0.2) is 12.4 Å². The van der Waals surface area contributed by atoms with Gasteiger partial charge in [-0.25, -0.2) is 4.68 Å². The highest BCUT2D eigenvalue weighted by atomic mass is 16.5. The smallest absolute Gasteiger partial charge is 0.239 e. The molecule has 0 saturated carbocycles. The first-order chi connectivity index (χ1) is 9.51. The maximum Gasteiger partial charge on any atom is 0.239 e. The van der Waals surface area contributed by atoms with Crippen molar-refractivity contribution < 1.29 is 9.53 Å². The van der Waals surface area contributed by atoms with Gasteiger partial charge in [0, 0.05) is 19.8 Å². The Balaban J connectivity index is 2.05. The lowest BCUT2D eigenvalue weighted by Gasteiger charge is -2.06. The molecule has 20 heavy (non-hydrogen) atoms. The predicted molar refractivity (Wildman–Crippen MR) is 73.2 cm³/mol. The molecule has 0 unspecified atom stereocenters. The van der Waals surface area contributed by atoms with Crippen LogP contribution < -0.4 is 15.8 Å². The molecule has 0 aromatic carbocycles. The summed E-state index contributed by atoms with van der Waals surface area (Å²) in [5.74, 6) is 0.295. The third kappa shape index (κ3) is 2.90. The number of carbonyl (C=O) groups is 1. The Hall–Kier alpha value is -2.51. The maximum atomic E-state index is 10.8. The van der Waals surface area contributed by atoms with E-state index in [0.29, 0.717) is 6.54 Å². The lowest BCUT2D eigenvalue weighted by Crippen LogP contribution is -2.18. The van der Waals surface area contributed by atoms with Crippen LogP contribution in [0.25, 0.3) is 0 Å². The molecule has 3 N–H and O–H groups in total. The Labute approximate surface area is 116 Å². The van der Waals surface area contributed by atoms with E-state index in [4.69, 9.17) is 10.5 Å². The van der Waals surface area contributed by atoms with Crippen LogP contribution in [0.4, 0.5) is 5.69 Å². The Morgan fingerprint density at radius 2 is 2.30 bits per heavy atom. The number of hydrogen-bond acceptors (Lipinski definition) is 5. The zero-order valence-corrected chi connectivity index (χ0v) is 11.8. The summed E-state index contributed by atoms with van der Waals surface area (Å²) in [7, 11) is 3.45. The summed E-state index contributed by atoms with van der Waals surface area (Å²) in [5.41, 5.74) is 7.80. The van der Waals surface area contributed by atoms with Gasteiger partial charge in [0.15, 0.2) is 0 Å². The summed E-state index contributed by atoms with van der Waals surface area (Å²) in [6, 6.07) is 0. The number of ether oxygens (including phenoxy) is 1. The molecule has 2 rings (SSSR count). The van der Waals surface area contributed by atoms with E-state index in [1.54, 1.807) is 24.2 Å². The van der Waals surface area contributed by atoms with Crippen molar-refractivity contribution in [2.45, 2.75) is 20.0 Å². The molecule has 0 spiro atoms. The molecule has 2 aromatic rings. The Morgan fingerprint density at radius 3 is 2.95 bits per heavy atom. The van der Waals surface area contributed by atoms with Crippen LogP contribution in [-0.2, 0) is 24.9 Å². The van der Waals surface area contributed by atoms with E-state index in [-0.39, 0.29) is 6.54 Å². The van der Waals surface area contributed by atoms with Gasteiger partial charge in [-0.2, -0.15) is 10.2 Å². The first-order valence-electron chi connectivity index (χ1n) is 6.12. The van der Waals surface area contributed by atoms with Gasteiger partial charge in [-0.1, -0.05) is 0 Å². The Morgan fingerprint density at radius 1 is 1.55 bits per heavy atom. The van der Waals surface area contributed by atoms with Crippen molar-refractivity contribution in [1.82, 2.24) is 19.6 Å². The van der Waals surface area contributed by atoms with Crippen LogP contribution in [0, 0.1) is 6.92 Å². The fourth-order valence-electron chi connectivity index (χ4n) is 2.03. The number of amides is 1. The topological polar surface area (TPSA) is 100.0 Å². The van der Waals surface area contributed by atoms with Gasteiger partial charge >= 0.3 is 0 Å². The van der Waals surface area contributed by atoms with E-state index in [1.165, 1.54) is 4.68 Å². The molecule has 0 aliphatic heterocycles. The monoisotopic (exact) mass is 278 g/mol. The summed E-state index contributed by atoms with van der Waals surface area (Å²) in [5, 5.41) is 11.6.